The summed E-state index contributed by atoms with van der Waals surface area (Å²) in [5, 5.41) is 3.51. The van der Waals surface area contributed by atoms with Gasteiger partial charge in [0.25, 0.3) is 0 Å². The Bertz CT molecular complexity index is 674. The van der Waals surface area contributed by atoms with Crippen molar-refractivity contribution in [1.29, 1.82) is 0 Å². The molecule has 0 aromatic heterocycles. The van der Waals surface area contributed by atoms with Crippen LogP contribution in [0.2, 0.25) is 0 Å². The molecule has 0 spiro atoms. The number of methoxy groups -OCH3 is 1. The Hall–Kier alpha value is -1.87. The largest absolute Gasteiger partial charge is 0.492 e. The van der Waals surface area contributed by atoms with Crippen LogP contribution in [-0.2, 0) is 20.8 Å². The smallest absolute Gasteiger partial charge is 0.193 e. The molecule has 3 rings (SSSR count). The van der Waals surface area contributed by atoms with E-state index in [0.29, 0.717) is 12.7 Å². The first-order valence-electron chi connectivity index (χ1n) is 11.9. The van der Waals surface area contributed by atoms with Crippen molar-refractivity contribution in [2.45, 2.75) is 31.9 Å². The van der Waals surface area contributed by atoms with Crippen LogP contribution in [0.3, 0.4) is 0 Å². The topological polar surface area (TPSA) is 67.8 Å². The van der Waals surface area contributed by atoms with E-state index in [1.165, 1.54) is 5.56 Å². The molecular weight excluding hydrogens is 408 g/mol. The Balaban J connectivity index is 1.37. The second-order valence-electron chi connectivity index (χ2n) is 8.25. The highest BCUT2D eigenvalue weighted by atomic mass is 16.5. The molecule has 180 valence electrons. The first kappa shape index (κ1) is 24.8. The molecule has 32 heavy (non-hydrogen) atoms. The Morgan fingerprint density at radius 1 is 1.12 bits per heavy atom. The lowest BCUT2D eigenvalue weighted by Crippen LogP contribution is -2.46. The average Bonchev–Trinajstić information content (AvgIpc) is 2.84. The van der Waals surface area contributed by atoms with Gasteiger partial charge in [0.15, 0.2) is 5.96 Å². The van der Waals surface area contributed by atoms with Crippen LogP contribution in [0.1, 0.15) is 24.8 Å². The zero-order valence-corrected chi connectivity index (χ0v) is 19.8. The number of morpholine rings is 1. The molecule has 2 heterocycles. The van der Waals surface area contributed by atoms with Crippen molar-refractivity contribution in [1.82, 2.24) is 15.1 Å². The predicted octanol–water partition coefficient (Wildman–Crippen LogP) is 1.99. The minimum absolute atomic E-state index is 0.340. The van der Waals surface area contributed by atoms with Gasteiger partial charge < -0.3 is 29.2 Å². The van der Waals surface area contributed by atoms with Gasteiger partial charge in [-0.1, -0.05) is 12.1 Å². The van der Waals surface area contributed by atoms with Crippen LogP contribution >= 0.6 is 0 Å². The molecule has 8 nitrogen and oxygen atoms in total. The van der Waals surface area contributed by atoms with Crippen LogP contribution in [-0.4, -0.2) is 102 Å². The number of ether oxygens (including phenoxy) is 4. The fourth-order valence-corrected chi connectivity index (χ4v) is 4.06. The third-order valence-corrected chi connectivity index (χ3v) is 5.93. The third kappa shape index (κ3) is 8.58. The molecule has 8 heteroatoms. The van der Waals surface area contributed by atoms with Gasteiger partial charge in [0.05, 0.1) is 19.3 Å². The van der Waals surface area contributed by atoms with Crippen LogP contribution in [0, 0.1) is 0 Å². The van der Waals surface area contributed by atoms with E-state index in [4.69, 9.17) is 18.9 Å². The molecule has 2 aliphatic rings. The molecule has 0 bridgehead atoms. The van der Waals surface area contributed by atoms with Gasteiger partial charge in [-0.25, -0.2) is 0 Å². The molecular formula is C24H40N4O4. The van der Waals surface area contributed by atoms with Crippen LogP contribution in [0.4, 0.5) is 0 Å². The van der Waals surface area contributed by atoms with E-state index in [9.17, 15) is 0 Å². The van der Waals surface area contributed by atoms with E-state index in [2.05, 4.69) is 38.3 Å². The second-order valence-corrected chi connectivity index (χ2v) is 8.25. The van der Waals surface area contributed by atoms with Gasteiger partial charge in [-0.2, -0.15) is 0 Å². The minimum atomic E-state index is 0.340. The molecule has 2 saturated heterocycles. The van der Waals surface area contributed by atoms with Gasteiger partial charge in [0, 0.05) is 66.6 Å². The van der Waals surface area contributed by atoms with Crippen molar-refractivity contribution in [3.8, 4) is 5.75 Å². The van der Waals surface area contributed by atoms with Crippen molar-refractivity contribution in [2.75, 3.05) is 79.9 Å². The summed E-state index contributed by atoms with van der Waals surface area (Å²) in [6, 6.07) is 8.31. The number of aliphatic imine (C=N–C) groups is 1. The van der Waals surface area contributed by atoms with Crippen molar-refractivity contribution < 1.29 is 18.9 Å². The summed E-state index contributed by atoms with van der Waals surface area (Å²) in [6.45, 7) is 9.42. The van der Waals surface area contributed by atoms with E-state index in [-0.39, 0.29) is 0 Å². The predicted molar refractivity (Wildman–Crippen MR) is 126 cm³/mol. The van der Waals surface area contributed by atoms with Crippen LogP contribution in [0.25, 0.3) is 0 Å². The van der Waals surface area contributed by atoms with Crippen molar-refractivity contribution >= 4 is 5.96 Å². The highest BCUT2D eigenvalue weighted by Gasteiger charge is 2.21. The summed E-state index contributed by atoms with van der Waals surface area (Å²) < 4.78 is 22.4. The fourth-order valence-electron chi connectivity index (χ4n) is 4.06. The number of nitrogens with one attached hydrogen (secondary N) is 1. The van der Waals surface area contributed by atoms with Crippen molar-refractivity contribution in [3.63, 3.8) is 0 Å². The Labute approximate surface area is 192 Å². The first-order chi connectivity index (χ1) is 15.8. The SMILES string of the molecule is CN=C(NCc1cccc(OCCN2CCOCC2)c1)N1CCC(OCCCOC)CC1. The molecule has 0 aliphatic carbocycles. The number of benzene rings is 1. The summed E-state index contributed by atoms with van der Waals surface area (Å²) >= 11 is 0. The highest BCUT2D eigenvalue weighted by molar-refractivity contribution is 5.80. The van der Waals surface area contributed by atoms with Gasteiger partial charge >= 0.3 is 0 Å². The molecule has 1 N–H and O–H groups in total. The third-order valence-electron chi connectivity index (χ3n) is 5.93. The van der Waals surface area contributed by atoms with Crippen LogP contribution in [0.5, 0.6) is 5.75 Å². The average molecular weight is 449 g/mol. The maximum atomic E-state index is 5.99. The quantitative estimate of drug-likeness (QED) is 0.315. The molecule has 0 amide bonds. The molecule has 0 radical (unpaired) electrons. The normalized spacial score (nSPS) is 18.7. The Kier molecular flexibility index (Phi) is 11.1. The van der Waals surface area contributed by atoms with Crippen LogP contribution in [0.15, 0.2) is 29.3 Å². The molecule has 0 atom stereocenters. The lowest BCUT2D eigenvalue weighted by molar-refractivity contribution is 0.00989. The van der Waals surface area contributed by atoms with Crippen LogP contribution < -0.4 is 10.1 Å². The number of likely N-dealkylation sites (tertiary alicyclic amines) is 1. The molecule has 1 aromatic carbocycles. The Morgan fingerprint density at radius 2 is 1.94 bits per heavy atom. The van der Waals surface area contributed by atoms with E-state index in [1.54, 1.807) is 7.11 Å². The summed E-state index contributed by atoms with van der Waals surface area (Å²) in [7, 11) is 3.58. The lowest BCUT2D eigenvalue weighted by atomic mass is 10.1. The molecule has 0 saturated carbocycles. The minimum Gasteiger partial charge on any atom is -0.492 e. The van der Waals surface area contributed by atoms with E-state index < -0.39 is 0 Å². The molecule has 2 fully saturated rings. The zero-order chi connectivity index (χ0) is 22.4. The molecule has 2 aliphatic heterocycles. The van der Waals surface area contributed by atoms with E-state index in [0.717, 1.165) is 96.7 Å². The van der Waals surface area contributed by atoms with Gasteiger partial charge in [-0.05, 0) is 37.0 Å². The fraction of sp³-hybridized carbons (Fsp3) is 0.708. The monoisotopic (exact) mass is 448 g/mol. The zero-order valence-electron chi connectivity index (χ0n) is 19.8. The van der Waals surface area contributed by atoms with Gasteiger partial charge in [0.2, 0.25) is 0 Å². The van der Waals surface area contributed by atoms with Crippen molar-refractivity contribution in [3.05, 3.63) is 29.8 Å². The number of nitrogens with zero attached hydrogens (tertiary/aromatic N) is 3. The summed E-state index contributed by atoms with van der Waals surface area (Å²) in [4.78, 5) is 9.19. The number of hydrogen-bond donors (Lipinski definition) is 1. The highest BCUT2D eigenvalue weighted by Crippen LogP contribution is 2.16. The van der Waals surface area contributed by atoms with Gasteiger partial charge in [-0.15, -0.1) is 0 Å². The van der Waals surface area contributed by atoms with Crippen molar-refractivity contribution in [2.24, 2.45) is 4.99 Å². The lowest BCUT2D eigenvalue weighted by Gasteiger charge is -2.34. The maximum absolute atomic E-state index is 5.99. The Morgan fingerprint density at radius 3 is 2.69 bits per heavy atom. The van der Waals surface area contributed by atoms with Gasteiger partial charge in [-0.3, -0.25) is 9.89 Å². The maximum Gasteiger partial charge on any atom is 0.193 e. The molecule has 0 unspecified atom stereocenters. The number of hydrogen-bond acceptors (Lipinski definition) is 6. The summed E-state index contributed by atoms with van der Waals surface area (Å²) in [6.07, 6.45) is 3.35. The second kappa shape index (κ2) is 14.3. The summed E-state index contributed by atoms with van der Waals surface area (Å²) in [5.41, 5.74) is 1.19. The number of rotatable bonds is 11. The van der Waals surface area contributed by atoms with E-state index in [1.807, 2.05) is 13.1 Å². The standard InChI is InChI=1S/C24H40N4O4/c1-25-24(28-9-7-22(8-10-28)31-15-4-14-29-2)26-20-21-5-3-6-23(19-21)32-18-13-27-11-16-30-17-12-27/h3,5-6,19,22H,4,7-18,20H2,1-2H3,(H,25,26). The number of guanidine groups is 1. The van der Waals surface area contributed by atoms with Gasteiger partial charge in [0.1, 0.15) is 12.4 Å². The van der Waals surface area contributed by atoms with E-state index >= 15 is 0 Å². The first-order valence-corrected chi connectivity index (χ1v) is 11.9. The number of piperidine rings is 1. The molecule has 1 aromatic rings. The summed E-state index contributed by atoms with van der Waals surface area (Å²) in [5.74, 6) is 1.86.